The number of carbonyl (C=O) groups excluding carboxylic acids is 1. The lowest BCUT2D eigenvalue weighted by atomic mass is 10.0. The Hall–Kier alpha value is -2.15. The normalized spacial score (nSPS) is 16.3. The first kappa shape index (κ1) is 22.1. The van der Waals surface area contributed by atoms with Gasteiger partial charge in [-0.1, -0.05) is 24.3 Å². The number of benzene rings is 2. The molecule has 0 saturated carbocycles. The number of carbonyl (C=O) groups is 1. The molecule has 150 valence electrons. The molecule has 1 amide bonds. The molecule has 1 fully saturated rings. The van der Waals surface area contributed by atoms with Crippen molar-refractivity contribution < 1.29 is 13.6 Å². The van der Waals surface area contributed by atoms with Crippen LogP contribution in [0.3, 0.4) is 0 Å². The standard InChI is InChI=1S/C20H20FN3O2.2ClH/c21-15-5-3-4-14(12-15)17-13-22-10-11-24(17)20(25)9-8-19-23-16-6-1-2-7-18(16)26-19;;/h1-7,12,17,22H,8-11,13H2;2*1H. The average Bonchev–Trinajstić information content (AvgIpc) is 3.09. The second-order valence-electron chi connectivity index (χ2n) is 6.44. The summed E-state index contributed by atoms with van der Waals surface area (Å²) in [7, 11) is 0. The molecule has 28 heavy (non-hydrogen) atoms. The van der Waals surface area contributed by atoms with Gasteiger partial charge in [-0.05, 0) is 29.8 Å². The Morgan fingerprint density at radius 2 is 2.04 bits per heavy atom. The van der Waals surface area contributed by atoms with Crippen LogP contribution in [-0.2, 0) is 11.2 Å². The fourth-order valence-corrected chi connectivity index (χ4v) is 3.40. The van der Waals surface area contributed by atoms with Crippen molar-refractivity contribution in [1.82, 2.24) is 15.2 Å². The van der Waals surface area contributed by atoms with Gasteiger partial charge in [-0.15, -0.1) is 24.8 Å². The lowest BCUT2D eigenvalue weighted by molar-refractivity contribution is -0.134. The van der Waals surface area contributed by atoms with Crippen molar-refractivity contribution in [3.63, 3.8) is 0 Å². The summed E-state index contributed by atoms with van der Waals surface area (Å²) in [5.41, 5.74) is 2.34. The fraction of sp³-hybridized carbons (Fsp3) is 0.300. The highest BCUT2D eigenvalue weighted by atomic mass is 35.5. The van der Waals surface area contributed by atoms with E-state index < -0.39 is 0 Å². The molecular weight excluding hydrogens is 404 g/mol. The van der Waals surface area contributed by atoms with E-state index in [-0.39, 0.29) is 42.6 Å². The van der Waals surface area contributed by atoms with Gasteiger partial charge in [0.05, 0.1) is 6.04 Å². The van der Waals surface area contributed by atoms with Gasteiger partial charge < -0.3 is 14.6 Å². The highest BCUT2D eigenvalue weighted by Crippen LogP contribution is 2.24. The number of nitrogens with zero attached hydrogens (tertiary/aromatic N) is 2. The lowest BCUT2D eigenvalue weighted by Gasteiger charge is -2.36. The van der Waals surface area contributed by atoms with Crippen LogP contribution in [0.1, 0.15) is 23.9 Å². The van der Waals surface area contributed by atoms with Crippen molar-refractivity contribution in [3.05, 3.63) is 65.8 Å². The van der Waals surface area contributed by atoms with Crippen LogP contribution in [0.25, 0.3) is 11.1 Å². The van der Waals surface area contributed by atoms with Gasteiger partial charge in [-0.25, -0.2) is 9.37 Å². The SMILES string of the molecule is Cl.Cl.O=C(CCc1nc2ccccc2o1)N1CCNCC1c1cccc(F)c1. The summed E-state index contributed by atoms with van der Waals surface area (Å²) >= 11 is 0. The Labute approximate surface area is 175 Å². The molecule has 1 aromatic heterocycles. The minimum Gasteiger partial charge on any atom is -0.441 e. The fourth-order valence-electron chi connectivity index (χ4n) is 3.40. The van der Waals surface area contributed by atoms with E-state index in [9.17, 15) is 9.18 Å². The van der Waals surface area contributed by atoms with Gasteiger partial charge in [0, 0.05) is 32.5 Å². The van der Waals surface area contributed by atoms with E-state index in [0.29, 0.717) is 31.8 Å². The van der Waals surface area contributed by atoms with E-state index in [0.717, 1.165) is 23.2 Å². The van der Waals surface area contributed by atoms with Crippen molar-refractivity contribution in [1.29, 1.82) is 0 Å². The van der Waals surface area contributed by atoms with Crippen LogP contribution < -0.4 is 5.32 Å². The number of amides is 1. The number of piperazine rings is 1. The zero-order valence-corrected chi connectivity index (χ0v) is 16.8. The monoisotopic (exact) mass is 425 g/mol. The smallest absolute Gasteiger partial charge is 0.223 e. The number of rotatable bonds is 4. The van der Waals surface area contributed by atoms with E-state index >= 15 is 0 Å². The third kappa shape index (κ3) is 4.82. The number of para-hydroxylation sites is 2. The molecule has 5 nitrogen and oxygen atoms in total. The molecule has 0 radical (unpaired) electrons. The van der Waals surface area contributed by atoms with Gasteiger partial charge in [0.15, 0.2) is 11.5 Å². The lowest BCUT2D eigenvalue weighted by Crippen LogP contribution is -2.48. The van der Waals surface area contributed by atoms with Crippen LogP contribution in [0.5, 0.6) is 0 Å². The predicted molar refractivity (Wildman–Crippen MR) is 111 cm³/mol. The Morgan fingerprint density at radius 3 is 2.82 bits per heavy atom. The van der Waals surface area contributed by atoms with Crippen molar-refractivity contribution in [2.75, 3.05) is 19.6 Å². The second kappa shape index (κ2) is 9.87. The maximum absolute atomic E-state index is 13.6. The largest absolute Gasteiger partial charge is 0.441 e. The third-order valence-electron chi connectivity index (χ3n) is 4.69. The van der Waals surface area contributed by atoms with E-state index in [1.54, 1.807) is 6.07 Å². The van der Waals surface area contributed by atoms with Crippen molar-refractivity contribution in [3.8, 4) is 0 Å². The number of fused-ring (bicyclic) bond motifs is 1. The summed E-state index contributed by atoms with van der Waals surface area (Å²) < 4.78 is 19.3. The van der Waals surface area contributed by atoms with Crippen LogP contribution in [0.15, 0.2) is 52.9 Å². The first-order valence-electron chi connectivity index (χ1n) is 8.81. The highest BCUT2D eigenvalue weighted by molar-refractivity contribution is 5.85. The Kier molecular flexibility index (Phi) is 7.80. The second-order valence-corrected chi connectivity index (χ2v) is 6.44. The molecule has 2 aromatic carbocycles. The molecule has 2 heterocycles. The molecule has 0 aliphatic carbocycles. The number of aromatic nitrogens is 1. The maximum atomic E-state index is 13.6. The third-order valence-corrected chi connectivity index (χ3v) is 4.69. The number of hydrogen-bond donors (Lipinski definition) is 1. The van der Waals surface area contributed by atoms with Gasteiger partial charge in [-0.3, -0.25) is 4.79 Å². The minimum absolute atomic E-state index is 0. The Bertz CT molecular complexity index is 901. The summed E-state index contributed by atoms with van der Waals surface area (Å²) in [4.78, 5) is 19.0. The van der Waals surface area contributed by atoms with E-state index in [2.05, 4.69) is 10.3 Å². The molecule has 1 aliphatic rings. The van der Waals surface area contributed by atoms with E-state index in [1.165, 1.54) is 12.1 Å². The van der Waals surface area contributed by atoms with Gasteiger partial charge in [-0.2, -0.15) is 0 Å². The van der Waals surface area contributed by atoms with Crippen molar-refractivity contribution in [2.24, 2.45) is 0 Å². The maximum Gasteiger partial charge on any atom is 0.223 e. The molecule has 1 unspecified atom stereocenters. The molecule has 0 bridgehead atoms. The van der Waals surface area contributed by atoms with Crippen LogP contribution in [0.4, 0.5) is 4.39 Å². The quantitative estimate of drug-likeness (QED) is 0.687. The molecule has 1 aliphatic heterocycles. The zero-order valence-electron chi connectivity index (χ0n) is 15.1. The summed E-state index contributed by atoms with van der Waals surface area (Å²) in [6.45, 7) is 1.96. The number of nitrogens with one attached hydrogen (secondary N) is 1. The predicted octanol–water partition coefficient (Wildman–Crippen LogP) is 3.92. The van der Waals surface area contributed by atoms with Crippen molar-refractivity contribution >= 4 is 41.8 Å². The molecule has 1 saturated heterocycles. The Balaban J connectivity index is 0.00000140. The topological polar surface area (TPSA) is 58.4 Å². The summed E-state index contributed by atoms with van der Waals surface area (Å²) in [6.07, 6.45) is 0.770. The molecule has 1 N–H and O–H groups in total. The number of hydrogen-bond acceptors (Lipinski definition) is 4. The highest BCUT2D eigenvalue weighted by Gasteiger charge is 2.28. The molecule has 3 aromatic rings. The molecular formula is C20H22Cl2FN3O2. The van der Waals surface area contributed by atoms with Crippen LogP contribution in [0, 0.1) is 5.82 Å². The molecule has 8 heteroatoms. The van der Waals surface area contributed by atoms with Crippen molar-refractivity contribution in [2.45, 2.75) is 18.9 Å². The van der Waals surface area contributed by atoms with Crippen LogP contribution >= 0.6 is 24.8 Å². The summed E-state index contributed by atoms with van der Waals surface area (Å²) in [6, 6.07) is 13.9. The molecule has 0 spiro atoms. The Morgan fingerprint density at radius 1 is 1.21 bits per heavy atom. The zero-order chi connectivity index (χ0) is 17.9. The summed E-state index contributed by atoms with van der Waals surface area (Å²) in [5.74, 6) is 0.312. The van der Waals surface area contributed by atoms with Gasteiger partial charge in [0.1, 0.15) is 11.3 Å². The number of oxazole rings is 1. The van der Waals surface area contributed by atoms with Gasteiger partial charge in [0.25, 0.3) is 0 Å². The van der Waals surface area contributed by atoms with Crippen LogP contribution in [-0.4, -0.2) is 35.4 Å². The van der Waals surface area contributed by atoms with Gasteiger partial charge in [0.2, 0.25) is 5.91 Å². The van der Waals surface area contributed by atoms with E-state index in [4.69, 9.17) is 4.42 Å². The molecule has 1 atom stereocenters. The average molecular weight is 426 g/mol. The first-order valence-corrected chi connectivity index (χ1v) is 8.81. The first-order chi connectivity index (χ1) is 12.7. The van der Waals surface area contributed by atoms with Gasteiger partial charge >= 0.3 is 0 Å². The van der Waals surface area contributed by atoms with E-state index in [1.807, 2.05) is 35.2 Å². The summed E-state index contributed by atoms with van der Waals surface area (Å²) in [5, 5.41) is 3.28. The number of aryl methyl sites for hydroxylation is 1. The number of halogens is 3. The van der Waals surface area contributed by atoms with Crippen LogP contribution in [0.2, 0.25) is 0 Å². The molecule has 4 rings (SSSR count). The minimum atomic E-state index is -0.285.